The Hall–Kier alpha value is -0.570. The lowest BCUT2D eigenvalue weighted by Crippen LogP contribution is -2.41. The van der Waals surface area contributed by atoms with E-state index in [2.05, 4.69) is 6.92 Å². The van der Waals surface area contributed by atoms with Gasteiger partial charge in [-0.05, 0) is 6.42 Å². The van der Waals surface area contributed by atoms with Crippen molar-refractivity contribution in [1.82, 2.24) is 4.90 Å². The summed E-state index contributed by atoms with van der Waals surface area (Å²) >= 11 is 0. The summed E-state index contributed by atoms with van der Waals surface area (Å²) in [6.07, 6.45) is 2.25. The highest BCUT2D eigenvalue weighted by atomic mass is 16.5. The highest BCUT2D eigenvalue weighted by Gasteiger charge is 2.16. The highest BCUT2D eigenvalue weighted by molar-refractivity contribution is 5.77. The van der Waals surface area contributed by atoms with E-state index in [1.807, 2.05) is 18.7 Å². The van der Waals surface area contributed by atoms with Crippen LogP contribution in [0, 0.1) is 0 Å². The minimum absolute atomic E-state index is 0.143. The average Bonchev–Trinajstić information content (AvgIpc) is 2.20. The van der Waals surface area contributed by atoms with Crippen LogP contribution in [0.15, 0.2) is 0 Å². The van der Waals surface area contributed by atoms with Crippen molar-refractivity contribution in [1.29, 1.82) is 0 Å². The van der Waals surface area contributed by atoms with E-state index in [4.69, 9.17) is 4.74 Å². The number of hydrogen-bond acceptors (Lipinski definition) is 2. The summed E-state index contributed by atoms with van der Waals surface area (Å²) in [4.78, 5) is 13.0. The van der Waals surface area contributed by atoms with Crippen molar-refractivity contribution in [2.75, 3.05) is 26.3 Å². The molecule has 0 bridgehead atoms. The molecule has 3 nitrogen and oxygen atoms in total. The van der Waals surface area contributed by atoms with E-state index in [-0.39, 0.29) is 12.5 Å². The van der Waals surface area contributed by atoms with Crippen molar-refractivity contribution in [3.63, 3.8) is 0 Å². The predicted octanol–water partition coefficient (Wildman–Crippen LogP) is 1.67. The Labute approximate surface area is 81.1 Å². The van der Waals surface area contributed by atoms with Crippen LogP contribution in [0.2, 0.25) is 0 Å². The van der Waals surface area contributed by atoms with E-state index >= 15 is 0 Å². The summed E-state index contributed by atoms with van der Waals surface area (Å²) < 4.78 is 5.00. The molecule has 0 aromatic heterocycles. The minimum atomic E-state index is 0.143. The average molecular weight is 187 g/mol. The standard InChI is InChI=1S/C8H15NO2.C2H6/c1-2-3-4-9-5-6-11-7-8(9)10;1-2/h2-7H2,1H3;1-2H3. The molecule has 0 radical (unpaired) electrons. The Morgan fingerprint density at radius 3 is 2.69 bits per heavy atom. The molecule has 1 fully saturated rings. The van der Waals surface area contributed by atoms with E-state index in [0.717, 1.165) is 25.9 Å². The Bertz CT molecular complexity index is 137. The van der Waals surface area contributed by atoms with Gasteiger partial charge >= 0.3 is 0 Å². The molecular formula is C10H21NO2. The molecule has 13 heavy (non-hydrogen) atoms. The second kappa shape index (κ2) is 8.05. The van der Waals surface area contributed by atoms with E-state index < -0.39 is 0 Å². The van der Waals surface area contributed by atoms with E-state index in [1.54, 1.807) is 0 Å². The molecule has 0 unspecified atom stereocenters. The summed E-state index contributed by atoms with van der Waals surface area (Å²) in [6, 6.07) is 0. The lowest BCUT2D eigenvalue weighted by atomic mass is 10.3. The molecule has 0 atom stereocenters. The topological polar surface area (TPSA) is 29.5 Å². The van der Waals surface area contributed by atoms with Gasteiger partial charge < -0.3 is 9.64 Å². The normalized spacial score (nSPS) is 16.5. The number of ether oxygens (including phenoxy) is 1. The molecule has 0 spiro atoms. The van der Waals surface area contributed by atoms with Crippen LogP contribution in [0.5, 0.6) is 0 Å². The van der Waals surface area contributed by atoms with Crippen LogP contribution >= 0.6 is 0 Å². The summed E-state index contributed by atoms with van der Waals surface area (Å²) in [5, 5.41) is 0. The third-order valence-electron chi connectivity index (χ3n) is 1.87. The predicted molar refractivity (Wildman–Crippen MR) is 53.7 cm³/mol. The van der Waals surface area contributed by atoms with Crippen LogP contribution in [0.25, 0.3) is 0 Å². The van der Waals surface area contributed by atoms with Crippen molar-refractivity contribution >= 4 is 5.91 Å². The van der Waals surface area contributed by atoms with Gasteiger partial charge in [0, 0.05) is 13.1 Å². The molecule has 1 heterocycles. The first kappa shape index (κ1) is 12.4. The molecule has 1 rings (SSSR count). The van der Waals surface area contributed by atoms with Crippen LogP contribution in [-0.2, 0) is 9.53 Å². The van der Waals surface area contributed by atoms with Gasteiger partial charge in [-0.25, -0.2) is 0 Å². The Morgan fingerprint density at radius 1 is 1.46 bits per heavy atom. The quantitative estimate of drug-likeness (QED) is 0.672. The first-order valence-electron chi connectivity index (χ1n) is 5.20. The smallest absolute Gasteiger partial charge is 0.248 e. The summed E-state index contributed by atoms with van der Waals surface area (Å²) in [5.74, 6) is 0.143. The SMILES string of the molecule is CC.CCCCN1CCOCC1=O. The van der Waals surface area contributed by atoms with Gasteiger partial charge in [0.15, 0.2) is 0 Å². The maximum absolute atomic E-state index is 11.1. The molecule has 1 saturated heterocycles. The first-order chi connectivity index (χ1) is 6.34. The van der Waals surface area contributed by atoms with Gasteiger partial charge in [0.1, 0.15) is 6.61 Å². The van der Waals surface area contributed by atoms with Crippen molar-refractivity contribution in [2.24, 2.45) is 0 Å². The summed E-state index contributed by atoms with van der Waals surface area (Å²) in [5.41, 5.74) is 0. The number of unbranched alkanes of at least 4 members (excludes halogenated alkanes) is 1. The number of morpholine rings is 1. The molecule has 1 amide bonds. The maximum atomic E-state index is 11.1. The lowest BCUT2D eigenvalue weighted by molar-refractivity contribution is -0.142. The summed E-state index contributed by atoms with van der Waals surface area (Å²) in [7, 11) is 0. The molecule has 0 N–H and O–H groups in total. The number of nitrogens with zero attached hydrogens (tertiary/aromatic N) is 1. The monoisotopic (exact) mass is 187 g/mol. The van der Waals surface area contributed by atoms with E-state index in [1.165, 1.54) is 0 Å². The van der Waals surface area contributed by atoms with Gasteiger partial charge in [0.2, 0.25) is 5.91 Å². The Balaban J connectivity index is 0.000000671. The van der Waals surface area contributed by atoms with Crippen LogP contribution < -0.4 is 0 Å². The fourth-order valence-corrected chi connectivity index (χ4v) is 1.14. The third-order valence-corrected chi connectivity index (χ3v) is 1.87. The van der Waals surface area contributed by atoms with Crippen LogP contribution in [-0.4, -0.2) is 37.1 Å². The zero-order valence-electron chi connectivity index (χ0n) is 9.01. The molecule has 1 aliphatic rings. The second-order valence-corrected chi connectivity index (χ2v) is 2.79. The lowest BCUT2D eigenvalue weighted by Gasteiger charge is -2.26. The van der Waals surface area contributed by atoms with Gasteiger partial charge in [-0.1, -0.05) is 27.2 Å². The molecule has 0 aromatic carbocycles. The maximum Gasteiger partial charge on any atom is 0.248 e. The molecule has 0 aliphatic carbocycles. The van der Waals surface area contributed by atoms with Crippen molar-refractivity contribution in [3.05, 3.63) is 0 Å². The zero-order chi connectivity index (χ0) is 10.1. The molecule has 0 saturated carbocycles. The van der Waals surface area contributed by atoms with Gasteiger partial charge in [-0.2, -0.15) is 0 Å². The molecule has 0 aromatic rings. The van der Waals surface area contributed by atoms with Crippen LogP contribution in [0.4, 0.5) is 0 Å². The third kappa shape index (κ3) is 4.88. The number of rotatable bonds is 3. The first-order valence-corrected chi connectivity index (χ1v) is 5.20. The Kier molecular flexibility index (Phi) is 7.69. The van der Waals surface area contributed by atoms with Gasteiger partial charge in [0.05, 0.1) is 6.61 Å². The number of carbonyl (C=O) groups excluding carboxylic acids is 1. The van der Waals surface area contributed by atoms with Crippen molar-refractivity contribution in [3.8, 4) is 0 Å². The summed E-state index contributed by atoms with van der Waals surface area (Å²) in [6.45, 7) is 8.79. The number of amides is 1. The number of carbonyl (C=O) groups is 1. The Morgan fingerprint density at radius 2 is 2.15 bits per heavy atom. The minimum Gasteiger partial charge on any atom is -0.370 e. The van der Waals surface area contributed by atoms with Crippen molar-refractivity contribution < 1.29 is 9.53 Å². The van der Waals surface area contributed by atoms with Gasteiger partial charge in [-0.15, -0.1) is 0 Å². The molecular weight excluding hydrogens is 166 g/mol. The molecule has 1 aliphatic heterocycles. The number of hydrogen-bond donors (Lipinski definition) is 0. The fourth-order valence-electron chi connectivity index (χ4n) is 1.14. The molecule has 78 valence electrons. The zero-order valence-corrected chi connectivity index (χ0v) is 9.01. The largest absolute Gasteiger partial charge is 0.370 e. The highest BCUT2D eigenvalue weighted by Crippen LogP contribution is 2.00. The van der Waals surface area contributed by atoms with E-state index in [0.29, 0.717) is 6.61 Å². The molecule has 3 heteroatoms. The second-order valence-electron chi connectivity index (χ2n) is 2.79. The van der Waals surface area contributed by atoms with Crippen LogP contribution in [0.3, 0.4) is 0 Å². The van der Waals surface area contributed by atoms with Gasteiger partial charge in [0.25, 0.3) is 0 Å². The van der Waals surface area contributed by atoms with Crippen molar-refractivity contribution in [2.45, 2.75) is 33.6 Å². The van der Waals surface area contributed by atoms with E-state index in [9.17, 15) is 4.79 Å². The van der Waals surface area contributed by atoms with Gasteiger partial charge in [-0.3, -0.25) is 4.79 Å². The van der Waals surface area contributed by atoms with Crippen LogP contribution in [0.1, 0.15) is 33.6 Å². The fraction of sp³-hybridized carbons (Fsp3) is 0.900.